The third-order valence-electron chi connectivity index (χ3n) is 10.7. The molecule has 0 bridgehead atoms. The molecule has 9 N–H and O–H groups in total. The lowest BCUT2D eigenvalue weighted by Crippen LogP contribution is -2.65. The quantitative estimate of drug-likeness (QED) is 0.0716. The summed E-state index contributed by atoms with van der Waals surface area (Å²) >= 11 is 0. The second kappa shape index (κ2) is 20.1. The molecule has 4 aromatic carbocycles. The van der Waals surface area contributed by atoms with Crippen molar-refractivity contribution in [1.29, 1.82) is 0 Å². The number of carbonyl (C=O) groups is 1. The van der Waals surface area contributed by atoms with E-state index in [9.17, 15) is 40.2 Å². The molecule has 1 amide bonds. The lowest BCUT2D eigenvalue weighted by molar-refractivity contribution is -0.357. The number of methoxy groups -OCH3 is 1. The number of aliphatic hydroxyl groups excluding tert-OH is 6. The summed E-state index contributed by atoms with van der Waals surface area (Å²) in [5, 5.41) is 68.8. The SMILES string of the molecule is COc1ccc2cc(COC3C(OC4C(CO)OC(Oc5ccc(C[C@@H]([C]=O)NC(=O)[C@@H](N)C(C)c6ccccc6)cc5)C(O)C4O)OC(CO)C(O)C3O)ccc2c1. The highest BCUT2D eigenvalue weighted by molar-refractivity contribution is 5.85. The van der Waals surface area contributed by atoms with Crippen LogP contribution < -0.4 is 20.5 Å². The zero-order chi connectivity index (χ0) is 42.2. The maximum Gasteiger partial charge on any atom is 0.238 e. The van der Waals surface area contributed by atoms with Crippen molar-refractivity contribution < 1.29 is 68.6 Å². The largest absolute Gasteiger partial charge is 0.497 e. The summed E-state index contributed by atoms with van der Waals surface area (Å²) < 4.78 is 34.8. The molecule has 6 rings (SSSR count). The highest BCUT2D eigenvalue weighted by Gasteiger charge is 2.52. The van der Waals surface area contributed by atoms with E-state index in [0.717, 1.165) is 16.3 Å². The van der Waals surface area contributed by atoms with Gasteiger partial charge in [-0.15, -0.1) is 0 Å². The van der Waals surface area contributed by atoms with Crippen molar-refractivity contribution in [3.63, 3.8) is 0 Å². The Morgan fingerprint density at radius 1 is 0.780 bits per heavy atom. The van der Waals surface area contributed by atoms with Gasteiger partial charge in [-0.1, -0.05) is 67.6 Å². The van der Waals surface area contributed by atoms with Crippen molar-refractivity contribution in [3.05, 3.63) is 108 Å². The van der Waals surface area contributed by atoms with Gasteiger partial charge in [0.15, 0.2) is 6.29 Å². The summed E-state index contributed by atoms with van der Waals surface area (Å²) in [6, 6.07) is 24.9. The van der Waals surface area contributed by atoms with Crippen LogP contribution in [0.4, 0.5) is 0 Å². The molecular weight excluding hydrogens is 768 g/mol. The molecule has 2 aliphatic rings. The number of hydrogen-bond donors (Lipinski definition) is 8. The smallest absolute Gasteiger partial charge is 0.238 e. The number of amides is 1. The van der Waals surface area contributed by atoms with E-state index in [1.54, 1.807) is 19.2 Å². The fourth-order valence-corrected chi connectivity index (χ4v) is 7.15. The van der Waals surface area contributed by atoms with E-state index < -0.39 is 92.6 Å². The minimum absolute atomic E-state index is 0.0567. The Kier molecular flexibility index (Phi) is 15.0. The second-order valence-electron chi connectivity index (χ2n) is 14.7. The van der Waals surface area contributed by atoms with Crippen LogP contribution in [0.1, 0.15) is 29.5 Å². The molecule has 4 aromatic rings. The molecule has 0 spiro atoms. The first-order valence-corrected chi connectivity index (χ1v) is 19.3. The number of nitrogens with two attached hydrogens (primary N) is 1. The molecule has 0 aromatic heterocycles. The van der Waals surface area contributed by atoms with Crippen LogP contribution >= 0.6 is 0 Å². The number of nitrogens with one attached hydrogen (secondary N) is 1. The van der Waals surface area contributed by atoms with Gasteiger partial charge in [0.2, 0.25) is 18.5 Å². The molecule has 317 valence electrons. The predicted octanol–water partition coefficient (Wildman–Crippen LogP) is 0.344. The summed E-state index contributed by atoms with van der Waals surface area (Å²) in [5.74, 6) is 0.104. The first-order chi connectivity index (χ1) is 28.4. The maximum absolute atomic E-state index is 12.9. The van der Waals surface area contributed by atoms with Crippen molar-refractivity contribution in [2.24, 2.45) is 5.73 Å². The predicted molar refractivity (Wildman–Crippen MR) is 211 cm³/mol. The lowest BCUT2D eigenvalue weighted by Gasteiger charge is -2.46. The van der Waals surface area contributed by atoms with E-state index in [0.29, 0.717) is 16.9 Å². The van der Waals surface area contributed by atoms with Crippen LogP contribution in [0, 0.1) is 0 Å². The summed E-state index contributed by atoms with van der Waals surface area (Å²) in [6.45, 7) is 0.381. The normalized spacial score (nSPS) is 28.6. The number of benzene rings is 4. The molecule has 16 heteroatoms. The fraction of sp³-hybridized carbons (Fsp3) is 0.442. The van der Waals surface area contributed by atoms with Gasteiger partial charge < -0.3 is 70.1 Å². The van der Waals surface area contributed by atoms with Crippen molar-refractivity contribution in [2.45, 2.75) is 99.4 Å². The summed E-state index contributed by atoms with van der Waals surface area (Å²) in [4.78, 5) is 24.7. The number of aliphatic hydroxyl groups is 6. The second-order valence-corrected chi connectivity index (χ2v) is 14.7. The Labute approximate surface area is 341 Å². The standard InChI is InChI=1S/C43H51N2O14/c1-23(26-6-4-3-5-7-26)34(44)41(53)45-29(19-46)17-24-9-13-30(14-10-24)56-42-38(52)37(51)39(33(21-48)58-42)59-43-40(36(50)35(49)32(20-47)57-43)55-22-25-8-11-28-18-31(54-2)15-12-27(28)16-25/h3-16,18,23,29,32-40,42-43,47-52H,17,20-22,44H2,1-2H3,(H,45,53)/t23?,29-,32?,33?,34-,35?,36?,37?,38?,39?,40?,42?,43?/m0/s1. The molecular formula is C43H51N2O14. The van der Waals surface area contributed by atoms with Gasteiger partial charge in [-0.2, -0.15) is 0 Å². The van der Waals surface area contributed by atoms with Crippen molar-refractivity contribution in [1.82, 2.24) is 5.32 Å². The average Bonchev–Trinajstić information content (AvgIpc) is 3.26. The van der Waals surface area contributed by atoms with Crippen LogP contribution in [0.2, 0.25) is 0 Å². The van der Waals surface area contributed by atoms with E-state index in [2.05, 4.69) is 5.32 Å². The monoisotopic (exact) mass is 819 g/mol. The first kappa shape index (κ1) is 44.0. The van der Waals surface area contributed by atoms with E-state index in [1.165, 1.54) is 12.1 Å². The van der Waals surface area contributed by atoms with E-state index in [-0.39, 0.29) is 24.7 Å². The highest BCUT2D eigenvalue weighted by atomic mass is 16.7. The molecule has 2 aliphatic heterocycles. The minimum atomic E-state index is -1.73. The Morgan fingerprint density at radius 2 is 1.41 bits per heavy atom. The molecule has 0 saturated carbocycles. The van der Waals surface area contributed by atoms with Crippen LogP contribution in [0.25, 0.3) is 10.8 Å². The van der Waals surface area contributed by atoms with E-state index in [1.807, 2.05) is 79.9 Å². The van der Waals surface area contributed by atoms with Gasteiger partial charge in [0.25, 0.3) is 0 Å². The summed E-state index contributed by atoms with van der Waals surface area (Å²) in [6.07, 6.45) is -13.1. The fourth-order valence-electron chi connectivity index (χ4n) is 7.15. The Bertz CT molecular complexity index is 1970. The van der Waals surface area contributed by atoms with Crippen molar-refractivity contribution in [3.8, 4) is 11.5 Å². The van der Waals surface area contributed by atoms with Crippen LogP contribution in [-0.4, -0.2) is 137 Å². The summed E-state index contributed by atoms with van der Waals surface area (Å²) in [7, 11) is 1.58. The Morgan fingerprint density at radius 3 is 2.08 bits per heavy atom. The van der Waals surface area contributed by atoms with Crippen molar-refractivity contribution in [2.75, 3.05) is 20.3 Å². The van der Waals surface area contributed by atoms with Gasteiger partial charge in [-0.05, 0) is 57.8 Å². The first-order valence-electron chi connectivity index (χ1n) is 19.3. The van der Waals surface area contributed by atoms with Gasteiger partial charge in [-0.25, -0.2) is 0 Å². The molecule has 0 aliphatic carbocycles. The molecule has 11 unspecified atom stereocenters. The average molecular weight is 820 g/mol. The minimum Gasteiger partial charge on any atom is -0.497 e. The number of rotatable bonds is 17. The zero-order valence-electron chi connectivity index (χ0n) is 32.5. The molecule has 2 fully saturated rings. The number of ether oxygens (including phenoxy) is 6. The number of fused-ring (bicyclic) bond motifs is 1. The zero-order valence-corrected chi connectivity index (χ0v) is 32.5. The van der Waals surface area contributed by atoms with E-state index >= 15 is 0 Å². The Balaban J connectivity index is 1.07. The summed E-state index contributed by atoms with van der Waals surface area (Å²) in [5.41, 5.74) is 8.44. The van der Waals surface area contributed by atoms with Crippen molar-refractivity contribution >= 4 is 23.0 Å². The molecule has 2 heterocycles. The third kappa shape index (κ3) is 10.4. The molecule has 1 radical (unpaired) electrons. The molecule has 2 saturated heterocycles. The van der Waals surface area contributed by atoms with Crippen LogP contribution in [0.3, 0.4) is 0 Å². The molecule has 13 atom stereocenters. The molecule has 59 heavy (non-hydrogen) atoms. The Hall–Kier alpha value is -4.56. The van der Waals surface area contributed by atoms with Gasteiger partial charge in [0.1, 0.15) is 60.3 Å². The van der Waals surface area contributed by atoms with Crippen LogP contribution in [0.15, 0.2) is 91.0 Å². The maximum atomic E-state index is 12.9. The van der Waals surface area contributed by atoms with E-state index in [4.69, 9.17) is 34.2 Å². The topological polar surface area (TPSA) is 249 Å². The van der Waals surface area contributed by atoms with Gasteiger partial charge in [0.05, 0.1) is 39.0 Å². The van der Waals surface area contributed by atoms with Gasteiger partial charge in [0, 0.05) is 12.3 Å². The highest BCUT2D eigenvalue weighted by Crippen LogP contribution is 2.32. The number of hydrogen-bond acceptors (Lipinski definition) is 15. The third-order valence-corrected chi connectivity index (χ3v) is 10.7. The van der Waals surface area contributed by atoms with Gasteiger partial charge in [-0.3, -0.25) is 9.59 Å². The van der Waals surface area contributed by atoms with Gasteiger partial charge >= 0.3 is 0 Å². The lowest BCUT2D eigenvalue weighted by atomic mass is 9.93. The van der Waals surface area contributed by atoms with Crippen LogP contribution in [0.5, 0.6) is 11.5 Å². The number of carbonyl (C=O) groups excluding carboxylic acids is 2. The van der Waals surface area contributed by atoms with Crippen LogP contribution in [-0.2, 0) is 41.6 Å². The molecule has 16 nitrogen and oxygen atoms in total.